The van der Waals surface area contributed by atoms with Crippen molar-refractivity contribution in [3.05, 3.63) is 88.1 Å². The molecule has 1 saturated carbocycles. The number of aromatic nitrogens is 5. The lowest BCUT2D eigenvalue weighted by Gasteiger charge is -2.26. The van der Waals surface area contributed by atoms with E-state index in [4.69, 9.17) is 11.6 Å². The summed E-state index contributed by atoms with van der Waals surface area (Å²) in [4.78, 5) is 39.4. The molecule has 2 aromatic carbocycles. The molecule has 1 aliphatic rings. The van der Waals surface area contributed by atoms with Gasteiger partial charge in [0.2, 0.25) is 11.7 Å². The van der Waals surface area contributed by atoms with Crippen LogP contribution in [0.3, 0.4) is 0 Å². The quantitative estimate of drug-likeness (QED) is 0.315. The lowest BCUT2D eigenvalue weighted by molar-refractivity contribution is 0.0867. The van der Waals surface area contributed by atoms with Gasteiger partial charge in [-0.25, -0.2) is 14.5 Å². The van der Waals surface area contributed by atoms with Gasteiger partial charge in [0.1, 0.15) is 5.39 Å². The Bertz CT molecular complexity index is 1710. The number of hydrogen-bond donors (Lipinski definition) is 3. The summed E-state index contributed by atoms with van der Waals surface area (Å²) in [6, 6.07) is 14.2. The van der Waals surface area contributed by atoms with E-state index in [9.17, 15) is 14.7 Å². The third-order valence-corrected chi connectivity index (χ3v) is 7.10. The van der Waals surface area contributed by atoms with Crippen molar-refractivity contribution in [3.63, 3.8) is 0 Å². The van der Waals surface area contributed by atoms with Crippen molar-refractivity contribution in [2.75, 3.05) is 5.32 Å². The Morgan fingerprint density at radius 3 is 2.55 bits per heavy atom. The predicted octanol–water partition coefficient (Wildman–Crippen LogP) is 3.86. The second kappa shape index (κ2) is 9.88. The van der Waals surface area contributed by atoms with Gasteiger partial charge in [0, 0.05) is 35.9 Å². The smallest absolute Gasteiger partial charge is 0.270 e. The van der Waals surface area contributed by atoms with E-state index in [-0.39, 0.29) is 23.6 Å². The minimum atomic E-state index is -0.332. The molecule has 192 valence electrons. The number of aliphatic hydroxyl groups excluding tert-OH is 1. The third-order valence-electron chi connectivity index (χ3n) is 6.78. The number of rotatable bonds is 5. The molecule has 11 heteroatoms. The summed E-state index contributed by atoms with van der Waals surface area (Å²) in [5.41, 5.74) is 1.82. The number of nitrogens with one attached hydrogen (secondary N) is 2. The van der Waals surface area contributed by atoms with E-state index in [2.05, 4.69) is 25.6 Å². The van der Waals surface area contributed by atoms with Gasteiger partial charge in [-0.2, -0.15) is 4.98 Å². The average molecular weight is 530 g/mol. The van der Waals surface area contributed by atoms with Crippen LogP contribution in [0.15, 0.2) is 71.9 Å². The fourth-order valence-corrected chi connectivity index (χ4v) is 5.00. The van der Waals surface area contributed by atoms with E-state index in [0.29, 0.717) is 57.6 Å². The molecule has 0 bridgehead atoms. The van der Waals surface area contributed by atoms with Gasteiger partial charge in [-0.3, -0.25) is 14.0 Å². The maximum absolute atomic E-state index is 13.4. The van der Waals surface area contributed by atoms with Gasteiger partial charge in [0.15, 0.2) is 5.65 Å². The molecule has 0 unspecified atom stereocenters. The van der Waals surface area contributed by atoms with Crippen LogP contribution in [0, 0.1) is 0 Å². The summed E-state index contributed by atoms with van der Waals surface area (Å²) in [6.07, 6.45) is 7.50. The Balaban J connectivity index is 1.26. The summed E-state index contributed by atoms with van der Waals surface area (Å²) in [5, 5.41) is 16.6. The SMILES string of the molecule is O=C(N[C@H]1CC[C@H](O)CC1)c1ccc(Nc2ncc3c(=O)n(-c4ccccc4Cl)c4nccn4c3n2)cc1. The van der Waals surface area contributed by atoms with E-state index in [0.717, 1.165) is 12.8 Å². The zero-order chi connectivity index (χ0) is 26.2. The zero-order valence-corrected chi connectivity index (χ0v) is 21.0. The first-order valence-electron chi connectivity index (χ1n) is 12.3. The van der Waals surface area contributed by atoms with Crippen LogP contribution in [-0.4, -0.2) is 47.1 Å². The van der Waals surface area contributed by atoms with Crippen LogP contribution < -0.4 is 16.2 Å². The number of fused-ring (bicyclic) bond motifs is 3. The topological polar surface area (TPSA) is 126 Å². The van der Waals surface area contributed by atoms with E-state index in [1.807, 2.05) is 0 Å². The first-order valence-corrected chi connectivity index (χ1v) is 12.7. The minimum absolute atomic E-state index is 0.0808. The van der Waals surface area contributed by atoms with Crippen molar-refractivity contribution in [2.24, 2.45) is 0 Å². The molecule has 0 atom stereocenters. The fourth-order valence-electron chi connectivity index (χ4n) is 4.78. The molecule has 10 nitrogen and oxygen atoms in total. The number of carbonyl (C=O) groups is 1. The molecule has 3 N–H and O–H groups in total. The standard InChI is InChI=1S/C27H24ClN7O3/c28-21-3-1-2-4-22(21)35-25(38)20-15-30-26(33-23(20)34-14-13-29-27(34)35)32-18-7-5-16(6-8-18)24(37)31-17-9-11-19(36)12-10-17/h1-8,13-15,17,19,36H,9-12H2,(H,31,37)(H,30,32,33)/t17-,19-. The average Bonchev–Trinajstić information content (AvgIpc) is 3.41. The number of halogens is 1. The first kappa shape index (κ1) is 24.1. The summed E-state index contributed by atoms with van der Waals surface area (Å²) < 4.78 is 3.16. The number of imidazole rings is 1. The zero-order valence-electron chi connectivity index (χ0n) is 20.2. The minimum Gasteiger partial charge on any atom is -0.393 e. The van der Waals surface area contributed by atoms with Crippen molar-refractivity contribution in [2.45, 2.75) is 37.8 Å². The summed E-state index contributed by atoms with van der Waals surface area (Å²) in [7, 11) is 0. The molecule has 1 fully saturated rings. The van der Waals surface area contributed by atoms with Crippen molar-refractivity contribution >= 4 is 46.0 Å². The predicted molar refractivity (Wildman–Crippen MR) is 144 cm³/mol. The van der Waals surface area contributed by atoms with Gasteiger partial charge in [-0.1, -0.05) is 23.7 Å². The van der Waals surface area contributed by atoms with Crippen molar-refractivity contribution < 1.29 is 9.90 Å². The molecule has 38 heavy (non-hydrogen) atoms. The van der Waals surface area contributed by atoms with E-state index in [1.54, 1.807) is 65.3 Å². The second-order valence-electron chi connectivity index (χ2n) is 9.30. The number of para-hydroxylation sites is 1. The Morgan fingerprint density at radius 2 is 1.79 bits per heavy atom. The highest BCUT2D eigenvalue weighted by atomic mass is 35.5. The van der Waals surface area contributed by atoms with Crippen LogP contribution in [-0.2, 0) is 0 Å². The van der Waals surface area contributed by atoms with Gasteiger partial charge in [-0.15, -0.1) is 0 Å². The number of carbonyl (C=O) groups excluding carboxylic acids is 1. The fraction of sp³-hybridized carbons (Fsp3) is 0.222. The second-order valence-corrected chi connectivity index (χ2v) is 9.71. The number of hydrogen-bond acceptors (Lipinski definition) is 7. The van der Waals surface area contributed by atoms with Crippen LogP contribution >= 0.6 is 11.6 Å². The Kier molecular flexibility index (Phi) is 6.26. The number of anilines is 2. The molecule has 0 aliphatic heterocycles. The summed E-state index contributed by atoms with van der Waals surface area (Å²) >= 11 is 6.38. The van der Waals surface area contributed by atoms with Crippen molar-refractivity contribution in [3.8, 4) is 5.69 Å². The Morgan fingerprint density at radius 1 is 1.03 bits per heavy atom. The first-order chi connectivity index (χ1) is 18.5. The van der Waals surface area contributed by atoms with Gasteiger partial charge >= 0.3 is 0 Å². The Labute approximate surface area is 222 Å². The molecule has 0 saturated heterocycles. The van der Waals surface area contributed by atoms with E-state index in [1.165, 1.54) is 10.8 Å². The molecular weight excluding hydrogens is 506 g/mol. The molecule has 1 aliphatic carbocycles. The van der Waals surface area contributed by atoms with Crippen LogP contribution in [0.1, 0.15) is 36.0 Å². The van der Waals surface area contributed by atoms with Crippen LogP contribution in [0.5, 0.6) is 0 Å². The number of aliphatic hydroxyl groups is 1. The highest BCUT2D eigenvalue weighted by Gasteiger charge is 2.21. The van der Waals surface area contributed by atoms with E-state index >= 15 is 0 Å². The van der Waals surface area contributed by atoms with Crippen LogP contribution in [0.25, 0.3) is 22.5 Å². The van der Waals surface area contributed by atoms with Gasteiger partial charge < -0.3 is 15.7 Å². The largest absolute Gasteiger partial charge is 0.393 e. The molecule has 5 aromatic rings. The normalized spacial score (nSPS) is 17.5. The van der Waals surface area contributed by atoms with Gasteiger partial charge in [0.25, 0.3) is 11.5 Å². The maximum Gasteiger partial charge on any atom is 0.270 e. The number of nitrogens with zero attached hydrogens (tertiary/aromatic N) is 5. The Hall–Kier alpha value is -4.28. The molecule has 0 radical (unpaired) electrons. The molecule has 3 heterocycles. The maximum atomic E-state index is 13.4. The monoisotopic (exact) mass is 529 g/mol. The lowest BCUT2D eigenvalue weighted by atomic mass is 9.93. The molecule has 0 spiro atoms. The number of benzene rings is 2. The highest BCUT2D eigenvalue weighted by molar-refractivity contribution is 6.32. The van der Waals surface area contributed by atoms with Gasteiger partial charge in [-0.05, 0) is 62.1 Å². The van der Waals surface area contributed by atoms with Crippen LogP contribution in [0.4, 0.5) is 11.6 Å². The third kappa shape index (κ3) is 4.48. The van der Waals surface area contributed by atoms with Crippen molar-refractivity contribution in [1.82, 2.24) is 29.2 Å². The molecule has 6 rings (SSSR count). The van der Waals surface area contributed by atoms with E-state index < -0.39 is 0 Å². The number of amides is 1. The summed E-state index contributed by atoms with van der Waals surface area (Å²) in [5.74, 6) is 0.528. The molecular formula is C27H24ClN7O3. The summed E-state index contributed by atoms with van der Waals surface area (Å²) in [6.45, 7) is 0. The highest BCUT2D eigenvalue weighted by Crippen LogP contribution is 2.23. The van der Waals surface area contributed by atoms with Crippen molar-refractivity contribution in [1.29, 1.82) is 0 Å². The molecule has 3 aromatic heterocycles. The molecule has 1 amide bonds. The van der Waals surface area contributed by atoms with Gasteiger partial charge in [0.05, 0.1) is 16.8 Å². The van der Waals surface area contributed by atoms with Crippen LogP contribution in [0.2, 0.25) is 5.02 Å². The lowest BCUT2D eigenvalue weighted by Crippen LogP contribution is -2.38.